The maximum absolute atomic E-state index is 12.0. The van der Waals surface area contributed by atoms with Crippen molar-refractivity contribution in [1.82, 2.24) is 5.32 Å². The number of hydrogen-bond acceptors (Lipinski definition) is 3. The fourth-order valence-corrected chi connectivity index (χ4v) is 0.938. The summed E-state index contributed by atoms with van der Waals surface area (Å²) < 4.78 is 24.1. The van der Waals surface area contributed by atoms with Gasteiger partial charge in [0.1, 0.15) is 6.04 Å². The Morgan fingerprint density at radius 2 is 1.71 bits per heavy atom. The predicted molar refractivity (Wildman–Crippen MR) is 57.5 cm³/mol. The molecule has 17 heavy (non-hydrogen) atoms. The predicted octanol–water partition coefficient (Wildman–Crippen LogP) is 1.21. The van der Waals surface area contributed by atoms with Crippen LogP contribution >= 0.6 is 0 Å². The number of alkyl halides is 2. The monoisotopic (exact) mass is 255 g/mol. The van der Waals surface area contributed by atoms with E-state index in [1.807, 2.05) is 13.8 Å². The molecule has 0 radical (unpaired) electrons. The summed E-state index contributed by atoms with van der Waals surface area (Å²) in [5, 5.41) is 18.2. The Hall–Kier alpha value is -1.24. The number of nitrogens with one attached hydrogen (secondary N) is 1. The highest BCUT2D eigenvalue weighted by Gasteiger charge is 2.38. The lowest BCUT2D eigenvalue weighted by Gasteiger charge is -2.17. The van der Waals surface area contributed by atoms with Gasteiger partial charge >= 0.3 is 18.0 Å². The van der Waals surface area contributed by atoms with Crippen molar-refractivity contribution in [3.8, 4) is 0 Å². The summed E-state index contributed by atoms with van der Waals surface area (Å²) >= 11 is 0. The Morgan fingerprint density at radius 1 is 1.29 bits per heavy atom. The zero-order valence-electron chi connectivity index (χ0n) is 10.3. The molecular formula is C10H19F2NO4. The second kappa shape index (κ2) is 7.94. The van der Waals surface area contributed by atoms with Gasteiger partial charge in [-0.3, -0.25) is 4.79 Å². The van der Waals surface area contributed by atoms with Gasteiger partial charge in [-0.15, -0.1) is 0 Å². The lowest BCUT2D eigenvalue weighted by molar-refractivity contribution is -0.206. The van der Waals surface area contributed by atoms with E-state index in [1.54, 1.807) is 19.2 Å². The van der Waals surface area contributed by atoms with Gasteiger partial charge in [-0.1, -0.05) is 27.7 Å². The Labute approximate surface area is 98.8 Å². The molecule has 0 bridgehead atoms. The van der Waals surface area contributed by atoms with E-state index in [1.165, 1.54) is 0 Å². The van der Waals surface area contributed by atoms with Crippen LogP contribution in [-0.2, 0) is 9.59 Å². The molecule has 0 fully saturated rings. The average molecular weight is 255 g/mol. The number of amides is 1. The molecule has 0 aromatic carbocycles. The summed E-state index contributed by atoms with van der Waals surface area (Å²) in [6.45, 7) is 7.36. The van der Waals surface area contributed by atoms with Crippen molar-refractivity contribution in [2.24, 2.45) is 5.92 Å². The highest BCUT2D eigenvalue weighted by molar-refractivity contribution is 5.86. The standard InChI is InChI=1S/C8H13F2NO4.C2H6/c1-4(2)3-5(6(12)13)11-7(14)8(9,10)15;1-2/h4-5,15H,3H2,1-2H3,(H,11,14)(H,12,13);1-2H3. The summed E-state index contributed by atoms with van der Waals surface area (Å²) in [6, 6.07) is -1.42. The Bertz CT molecular complexity index is 251. The minimum atomic E-state index is -4.55. The SMILES string of the molecule is CC.CC(C)CC(NC(=O)C(O)(F)F)C(=O)O. The lowest BCUT2D eigenvalue weighted by atomic mass is 10.0. The molecule has 1 unspecified atom stereocenters. The van der Waals surface area contributed by atoms with Crippen molar-refractivity contribution in [1.29, 1.82) is 0 Å². The van der Waals surface area contributed by atoms with E-state index in [2.05, 4.69) is 0 Å². The van der Waals surface area contributed by atoms with Crippen molar-refractivity contribution in [3.63, 3.8) is 0 Å². The first kappa shape index (κ1) is 18.1. The molecule has 0 aliphatic carbocycles. The summed E-state index contributed by atoms with van der Waals surface area (Å²) in [5.74, 6) is -3.50. The van der Waals surface area contributed by atoms with Crippen LogP contribution in [0.15, 0.2) is 0 Å². The van der Waals surface area contributed by atoms with Crippen LogP contribution in [0.4, 0.5) is 8.78 Å². The largest absolute Gasteiger partial charge is 0.480 e. The average Bonchev–Trinajstić information content (AvgIpc) is 2.17. The van der Waals surface area contributed by atoms with Crippen molar-refractivity contribution in [3.05, 3.63) is 0 Å². The summed E-state index contributed by atoms with van der Waals surface area (Å²) in [6.07, 6.45) is -4.54. The number of carbonyl (C=O) groups is 2. The van der Waals surface area contributed by atoms with Gasteiger partial charge in [-0.2, -0.15) is 8.78 Å². The van der Waals surface area contributed by atoms with Crippen LogP contribution in [-0.4, -0.2) is 34.2 Å². The smallest absolute Gasteiger partial charge is 0.434 e. The van der Waals surface area contributed by atoms with Crippen LogP contribution in [0.3, 0.4) is 0 Å². The van der Waals surface area contributed by atoms with Gasteiger partial charge in [0.2, 0.25) is 0 Å². The first-order valence-corrected chi connectivity index (χ1v) is 5.28. The number of aliphatic hydroxyl groups is 1. The number of carboxylic acids is 1. The van der Waals surface area contributed by atoms with Gasteiger partial charge in [0.15, 0.2) is 0 Å². The van der Waals surface area contributed by atoms with Crippen LogP contribution in [0.5, 0.6) is 0 Å². The van der Waals surface area contributed by atoms with E-state index in [4.69, 9.17) is 10.2 Å². The second-order valence-corrected chi connectivity index (χ2v) is 3.54. The van der Waals surface area contributed by atoms with Crippen LogP contribution in [0.25, 0.3) is 0 Å². The maximum Gasteiger partial charge on any atom is 0.434 e. The van der Waals surface area contributed by atoms with Gasteiger partial charge in [0.25, 0.3) is 0 Å². The fraction of sp³-hybridized carbons (Fsp3) is 0.800. The van der Waals surface area contributed by atoms with E-state index in [0.717, 1.165) is 0 Å². The number of halogens is 2. The highest BCUT2D eigenvalue weighted by Crippen LogP contribution is 2.10. The van der Waals surface area contributed by atoms with Gasteiger partial charge in [-0.25, -0.2) is 4.79 Å². The molecule has 0 rings (SSSR count). The molecule has 0 saturated carbocycles. The van der Waals surface area contributed by atoms with E-state index in [9.17, 15) is 18.4 Å². The van der Waals surface area contributed by atoms with Crippen molar-refractivity contribution >= 4 is 11.9 Å². The van der Waals surface area contributed by atoms with E-state index in [0.29, 0.717) is 0 Å². The quantitative estimate of drug-likeness (QED) is 0.689. The second-order valence-electron chi connectivity index (χ2n) is 3.54. The van der Waals surface area contributed by atoms with Crippen LogP contribution in [0.2, 0.25) is 0 Å². The van der Waals surface area contributed by atoms with Crippen LogP contribution in [0.1, 0.15) is 34.1 Å². The number of carbonyl (C=O) groups excluding carboxylic acids is 1. The molecule has 3 N–H and O–H groups in total. The van der Waals surface area contributed by atoms with E-state index in [-0.39, 0.29) is 12.3 Å². The number of rotatable bonds is 5. The fourth-order valence-electron chi connectivity index (χ4n) is 0.938. The lowest BCUT2D eigenvalue weighted by Crippen LogP contribution is -2.48. The van der Waals surface area contributed by atoms with Crippen molar-refractivity contribution < 1.29 is 28.6 Å². The molecule has 0 heterocycles. The third-order valence-corrected chi connectivity index (χ3v) is 1.58. The molecular weight excluding hydrogens is 236 g/mol. The first-order chi connectivity index (χ1) is 7.64. The van der Waals surface area contributed by atoms with Gasteiger partial charge in [0, 0.05) is 0 Å². The zero-order chi connectivity index (χ0) is 14.2. The maximum atomic E-state index is 12.0. The molecule has 0 aliphatic rings. The van der Waals surface area contributed by atoms with Crippen molar-refractivity contribution in [2.75, 3.05) is 0 Å². The highest BCUT2D eigenvalue weighted by atomic mass is 19.3. The first-order valence-electron chi connectivity index (χ1n) is 5.28. The van der Waals surface area contributed by atoms with Gasteiger partial charge in [0.05, 0.1) is 0 Å². The molecule has 0 aliphatic heterocycles. The summed E-state index contributed by atoms with van der Waals surface area (Å²) in [4.78, 5) is 21.1. The molecule has 7 heteroatoms. The third kappa shape index (κ3) is 8.56. The topological polar surface area (TPSA) is 86.6 Å². The van der Waals surface area contributed by atoms with Crippen molar-refractivity contribution in [2.45, 2.75) is 46.3 Å². The zero-order valence-corrected chi connectivity index (χ0v) is 10.3. The number of aliphatic carboxylic acids is 1. The Balaban J connectivity index is 0. The minimum Gasteiger partial charge on any atom is -0.480 e. The molecule has 0 aromatic rings. The van der Waals surface area contributed by atoms with Gasteiger partial charge in [-0.05, 0) is 12.3 Å². The Morgan fingerprint density at radius 3 is 1.94 bits per heavy atom. The normalized spacial score (nSPS) is 12.5. The van der Waals surface area contributed by atoms with Crippen LogP contribution < -0.4 is 5.32 Å². The molecule has 0 spiro atoms. The minimum absolute atomic E-state index is 0.0111. The third-order valence-electron chi connectivity index (χ3n) is 1.58. The van der Waals surface area contributed by atoms with Gasteiger partial charge < -0.3 is 15.5 Å². The Kier molecular flexibility index (Phi) is 8.47. The van der Waals surface area contributed by atoms with Crippen LogP contribution in [0, 0.1) is 5.92 Å². The molecule has 1 amide bonds. The molecule has 1 atom stereocenters. The van der Waals surface area contributed by atoms with E-state index < -0.39 is 24.0 Å². The molecule has 0 saturated heterocycles. The molecule has 0 aromatic heterocycles. The molecule has 102 valence electrons. The number of carboxylic acid groups (broad SMARTS) is 1. The number of hydrogen-bond donors (Lipinski definition) is 3. The summed E-state index contributed by atoms with van der Waals surface area (Å²) in [7, 11) is 0. The molecule has 5 nitrogen and oxygen atoms in total. The summed E-state index contributed by atoms with van der Waals surface area (Å²) in [5.41, 5.74) is 0. The van der Waals surface area contributed by atoms with E-state index >= 15 is 0 Å².